The van der Waals surface area contributed by atoms with Crippen LogP contribution < -0.4 is 0 Å². The molecule has 2 aromatic rings. The summed E-state index contributed by atoms with van der Waals surface area (Å²) in [6.45, 7) is 6.07. The van der Waals surface area contributed by atoms with Gasteiger partial charge in [-0.1, -0.05) is 0 Å². The van der Waals surface area contributed by atoms with Gasteiger partial charge in [0, 0.05) is 22.3 Å². The highest BCUT2D eigenvalue weighted by atomic mass is 32.1. The highest BCUT2D eigenvalue weighted by Gasteiger charge is 2.13. The van der Waals surface area contributed by atoms with Crippen LogP contribution in [-0.4, -0.2) is 19.8 Å². The Hall–Kier alpha value is -1.24. The Morgan fingerprint density at radius 3 is 2.58 bits per heavy atom. The van der Waals surface area contributed by atoms with E-state index < -0.39 is 0 Å². The molecule has 19 heavy (non-hydrogen) atoms. The molecule has 0 saturated carbocycles. The van der Waals surface area contributed by atoms with Gasteiger partial charge in [-0.25, -0.2) is 0 Å². The van der Waals surface area contributed by atoms with E-state index in [0.717, 1.165) is 15.2 Å². The number of aromatic hydroxyl groups is 1. The smallest absolute Gasteiger partial charge is 0.161 e. The highest BCUT2D eigenvalue weighted by Crippen LogP contribution is 2.26. The summed E-state index contributed by atoms with van der Waals surface area (Å²) in [4.78, 5) is 5.32. The van der Waals surface area contributed by atoms with Gasteiger partial charge in [0.2, 0.25) is 0 Å². The van der Waals surface area contributed by atoms with Crippen LogP contribution in [0, 0.1) is 24.7 Å². The summed E-state index contributed by atoms with van der Waals surface area (Å²) in [5.74, 6) is 0.0659. The van der Waals surface area contributed by atoms with Crippen molar-refractivity contribution in [1.29, 1.82) is 0 Å². The standard InChI is InChI=1S/C13H16N2O2S2/c1-7-12(17)11(6-16)10(4-14-7)5-15-8(2)9(3)19-13(15)18/h4,16-17H,5-6H2,1-3H3. The monoisotopic (exact) mass is 296 g/mol. The van der Waals surface area contributed by atoms with Crippen LogP contribution in [0.3, 0.4) is 0 Å². The second-order valence-corrected chi connectivity index (χ2v) is 6.30. The molecule has 0 aliphatic carbocycles. The van der Waals surface area contributed by atoms with E-state index in [1.165, 1.54) is 4.88 Å². The van der Waals surface area contributed by atoms with Crippen molar-refractivity contribution in [2.24, 2.45) is 0 Å². The molecule has 0 aliphatic rings. The Balaban J connectivity index is 2.50. The molecule has 0 unspecified atom stereocenters. The Labute approximate surface area is 121 Å². The van der Waals surface area contributed by atoms with Crippen molar-refractivity contribution in [3.63, 3.8) is 0 Å². The fourth-order valence-corrected chi connectivity index (χ4v) is 3.35. The molecular weight excluding hydrogens is 280 g/mol. The van der Waals surface area contributed by atoms with Crippen molar-refractivity contribution in [2.45, 2.75) is 33.9 Å². The molecule has 0 saturated heterocycles. The van der Waals surface area contributed by atoms with Gasteiger partial charge in [0.25, 0.3) is 0 Å². The highest BCUT2D eigenvalue weighted by molar-refractivity contribution is 7.73. The van der Waals surface area contributed by atoms with Crippen molar-refractivity contribution >= 4 is 23.6 Å². The first-order valence-corrected chi connectivity index (χ1v) is 7.12. The molecule has 0 aliphatic heterocycles. The predicted octanol–water partition coefficient (Wildman–Crippen LogP) is 2.85. The molecule has 0 atom stereocenters. The zero-order chi connectivity index (χ0) is 14.2. The van der Waals surface area contributed by atoms with Gasteiger partial charge in [-0.2, -0.15) is 0 Å². The lowest BCUT2D eigenvalue weighted by molar-refractivity contribution is 0.273. The van der Waals surface area contributed by atoms with Crippen molar-refractivity contribution in [3.8, 4) is 5.75 Å². The summed E-state index contributed by atoms with van der Waals surface area (Å²) < 4.78 is 2.79. The average Bonchev–Trinajstić information content (AvgIpc) is 2.61. The molecule has 0 bridgehead atoms. The third-order valence-electron chi connectivity index (χ3n) is 3.29. The number of aromatic nitrogens is 2. The largest absolute Gasteiger partial charge is 0.506 e. The van der Waals surface area contributed by atoms with Gasteiger partial charge in [-0.3, -0.25) is 4.98 Å². The van der Waals surface area contributed by atoms with Gasteiger partial charge in [-0.05, 0) is 38.6 Å². The maximum atomic E-state index is 9.95. The van der Waals surface area contributed by atoms with Gasteiger partial charge in [0.05, 0.1) is 18.8 Å². The maximum absolute atomic E-state index is 9.95. The second kappa shape index (κ2) is 5.40. The first kappa shape index (κ1) is 14.2. The van der Waals surface area contributed by atoms with Crippen molar-refractivity contribution in [2.75, 3.05) is 0 Å². The summed E-state index contributed by atoms with van der Waals surface area (Å²) in [6, 6.07) is 0. The number of hydrogen-bond acceptors (Lipinski definition) is 5. The SMILES string of the molecule is Cc1ncc(Cn2c(C)c(C)sc2=S)c(CO)c1O. The van der Waals surface area contributed by atoms with Crippen LogP contribution >= 0.6 is 23.6 Å². The molecule has 0 amide bonds. The van der Waals surface area contributed by atoms with Crippen molar-refractivity contribution < 1.29 is 10.2 Å². The third kappa shape index (κ3) is 2.56. The number of aliphatic hydroxyl groups is 1. The Morgan fingerprint density at radius 1 is 1.37 bits per heavy atom. The van der Waals surface area contributed by atoms with Crippen LogP contribution in [0.1, 0.15) is 27.4 Å². The minimum Gasteiger partial charge on any atom is -0.506 e. The van der Waals surface area contributed by atoms with Crippen molar-refractivity contribution in [3.05, 3.63) is 37.5 Å². The Kier molecular flexibility index (Phi) is 4.03. The van der Waals surface area contributed by atoms with Crippen LogP contribution in [0.4, 0.5) is 0 Å². The number of nitrogens with zero attached hydrogens (tertiary/aromatic N) is 2. The van der Waals surface area contributed by atoms with E-state index in [1.807, 2.05) is 18.4 Å². The topological polar surface area (TPSA) is 58.3 Å². The van der Waals surface area contributed by atoms with E-state index in [0.29, 0.717) is 17.8 Å². The first-order valence-electron chi connectivity index (χ1n) is 5.89. The van der Waals surface area contributed by atoms with E-state index in [4.69, 9.17) is 12.2 Å². The number of pyridine rings is 1. The second-order valence-electron chi connectivity index (χ2n) is 4.45. The maximum Gasteiger partial charge on any atom is 0.161 e. The number of aliphatic hydroxyl groups excluding tert-OH is 1. The first-order chi connectivity index (χ1) is 8.95. The lowest BCUT2D eigenvalue weighted by Gasteiger charge is -2.12. The summed E-state index contributed by atoms with van der Waals surface area (Å²) in [7, 11) is 0. The van der Waals surface area contributed by atoms with E-state index in [-0.39, 0.29) is 12.4 Å². The number of rotatable bonds is 3. The van der Waals surface area contributed by atoms with Crippen LogP contribution in [0.2, 0.25) is 0 Å². The molecule has 102 valence electrons. The van der Waals surface area contributed by atoms with Gasteiger partial charge >= 0.3 is 0 Å². The summed E-state index contributed by atoms with van der Waals surface area (Å²) >= 11 is 6.90. The molecule has 0 radical (unpaired) electrons. The van der Waals surface area contributed by atoms with E-state index in [2.05, 4.69) is 4.98 Å². The molecule has 0 fully saturated rings. The van der Waals surface area contributed by atoms with Gasteiger partial charge in [0.15, 0.2) is 3.95 Å². The quantitative estimate of drug-likeness (QED) is 0.855. The molecule has 2 rings (SSSR count). The number of aryl methyl sites for hydroxylation is 2. The van der Waals surface area contributed by atoms with Crippen molar-refractivity contribution in [1.82, 2.24) is 9.55 Å². The van der Waals surface area contributed by atoms with Crippen LogP contribution in [0.15, 0.2) is 6.20 Å². The zero-order valence-corrected chi connectivity index (χ0v) is 12.7. The molecular formula is C13H16N2O2S2. The normalized spacial score (nSPS) is 10.9. The predicted molar refractivity (Wildman–Crippen MR) is 78.3 cm³/mol. The lowest BCUT2D eigenvalue weighted by Crippen LogP contribution is -2.07. The summed E-state index contributed by atoms with van der Waals surface area (Å²) in [5.41, 5.74) is 2.95. The minimum absolute atomic E-state index is 0.0659. The summed E-state index contributed by atoms with van der Waals surface area (Å²) in [5, 5.41) is 19.4. The number of hydrogen-bond donors (Lipinski definition) is 2. The summed E-state index contributed by atoms with van der Waals surface area (Å²) in [6.07, 6.45) is 1.69. The van der Waals surface area contributed by atoms with Crippen LogP contribution in [-0.2, 0) is 13.2 Å². The Bertz CT molecular complexity index is 674. The molecule has 6 heteroatoms. The molecule has 2 N–H and O–H groups in total. The van der Waals surface area contributed by atoms with Crippen LogP contribution in [0.25, 0.3) is 0 Å². The Morgan fingerprint density at radius 2 is 2.05 bits per heavy atom. The van der Waals surface area contributed by atoms with Gasteiger partial charge in [-0.15, -0.1) is 11.3 Å². The van der Waals surface area contributed by atoms with Gasteiger partial charge in [0.1, 0.15) is 5.75 Å². The number of thiazole rings is 1. The molecule has 4 nitrogen and oxygen atoms in total. The minimum atomic E-state index is -0.208. The van der Waals surface area contributed by atoms with Gasteiger partial charge < -0.3 is 14.8 Å². The van der Waals surface area contributed by atoms with E-state index >= 15 is 0 Å². The van der Waals surface area contributed by atoms with Crippen LogP contribution in [0.5, 0.6) is 5.75 Å². The molecule has 0 aromatic carbocycles. The van der Waals surface area contributed by atoms with E-state index in [1.54, 1.807) is 24.5 Å². The van der Waals surface area contributed by atoms with E-state index in [9.17, 15) is 10.2 Å². The molecule has 2 heterocycles. The zero-order valence-electron chi connectivity index (χ0n) is 11.1. The average molecular weight is 296 g/mol. The molecule has 2 aromatic heterocycles. The lowest BCUT2D eigenvalue weighted by atomic mass is 10.1. The molecule has 0 spiro atoms. The fraction of sp³-hybridized carbons (Fsp3) is 0.385. The third-order valence-corrected chi connectivity index (χ3v) is 4.76. The fourth-order valence-electron chi connectivity index (χ4n) is 1.94.